The zero-order valence-corrected chi connectivity index (χ0v) is 11.8. The molecule has 1 aromatic carbocycles. The molecule has 0 bridgehead atoms. The van der Waals surface area contributed by atoms with E-state index in [0.29, 0.717) is 0 Å². The number of rotatable bonds is 3. The van der Waals surface area contributed by atoms with Crippen LogP contribution in [0.25, 0.3) is 0 Å². The van der Waals surface area contributed by atoms with E-state index >= 15 is 0 Å². The summed E-state index contributed by atoms with van der Waals surface area (Å²) in [6.45, 7) is 0. The molecule has 106 valence electrons. The third-order valence-corrected chi connectivity index (χ3v) is 5.00. The first-order chi connectivity index (χ1) is 9.65. The van der Waals surface area contributed by atoms with Gasteiger partial charge in [-0.15, -0.1) is 11.3 Å². The van der Waals surface area contributed by atoms with E-state index in [0.717, 1.165) is 31.4 Å². The highest BCUT2D eigenvalue weighted by Gasteiger charge is 2.28. The van der Waals surface area contributed by atoms with Crippen LogP contribution in [-0.2, 0) is 12.8 Å². The van der Waals surface area contributed by atoms with E-state index in [4.69, 9.17) is 0 Å². The number of thiophene rings is 1. The van der Waals surface area contributed by atoms with Crippen LogP contribution in [0.5, 0.6) is 0 Å². The molecule has 2 unspecified atom stereocenters. The maximum absolute atomic E-state index is 13.7. The predicted octanol–water partition coefficient (Wildman–Crippen LogP) is 4.05. The molecular formula is C16H16F2OS. The Morgan fingerprint density at radius 3 is 3.00 bits per heavy atom. The number of halogens is 2. The molecule has 3 rings (SSSR count). The normalized spacial score (nSPS) is 19.6. The smallest absolute Gasteiger partial charge is 0.126 e. The van der Waals surface area contributed by atoms with Crippen molar-refractivity contribution in [3.05, 3.63) is 57.3 Å². The Morgan fingerprint density at radius 2 is 2.15 bits per heavy atom. The second-order valence-electron chi connectivity index (χ2n) is 5.31. The average Bonchev–Trinajstić information content (AvgIpc) is 2.91. The van der Waals surface area contributed by atoms with E-state index in [9.17, 15) is 13.9 Å². The fourth-order valence-corrected chi connectivity index (χ4v) is 3.99. The standard InChI is InChI=1S/C16H16F2OS/c17-11-4-5-14(18)10(8-11)9-15(19)12-2-1-3-16-13(12)6-7-20-16/h4-8,12,15,19H,1-3,9H2. The van der Waals surface area contributed by atoms with Crippen LogP contribution in [0.15, 0.2) is 29.6 Å². The minimum atomic E-state index is -0.667. The van der Waals surface area contributed by atoms with Gasteiger partial charge in [-0.2, -0.15) is 0 Å². The van der Waals surface area contributed by atoms with Crippen LogP contribution in [0.1, 0.15) is 34.8 Å². The summed E-state index contributed by atoms with van der Waals surface area (Å²) in [5.41, 5.74) is 1.44. The summed E-state index contributed by atoms with van der Waals surface area (Å²) in [6.07, 6.45) is 2.50. The minimum Gasteiger partial charge on any atom is -0.392 e. The average molecular weight is 294 g/mol. The van der Waals surface area contributed by atoms with Crippen LogP contribution in [0.2, 0.25) is 0 Å². The number of aliphatic hydroxyl groups excluding tert-OH is 1. The zero-order chi connectivity index (χ0) is 14.1. The van der Waals surface area contributed by atoms with Gasteiger partial charge in [-0.05, 0) is 60.0 Å². The fraction of sp³-hybridized carbons (Fsp3) is 0.375. The van der Waals surface area contributed by atoms with E-state index < -0.39 is 17.7 Å². The van der Waals surface area contributed by atoms with Gasteiger partial charge in [0, 0.05) is 17.2 Å². The molecule has 1 nitrogen and oxygen atoms in total. The van der Waals surface area contributed by atoms with Gasteiger partial charge in [-0.25, -0.2) is 8.78 Å². The molecule has 0 saturated carbocycles. The van der Waals surface area contributed by atoms with Gasteiger partial charge in [0.05, 0.1) is 6.10 Å². The summed E-state index contributed by atoms with van der Waals surface area (Å²) in [5, 5.41) is 12.5. The number of aryl methyl sites for hydroxylation is 1. The Balaban J connectivity index is 1.81. The van der Waals surface area contributed by atoms with Gasteiger partial charge in [-0.3, -0.25) is 0 Å². The minimum absolute atomic E-state index is 0.0349. The largest absolute Gasteiger partial charge is 0.392 e. The van der Waals surface area contributed by atoms with Gasteiger partial charge < -0.3 is 5.11 Å². The van der Waals surface area contributed by atoms with Crippen molar-refractivity contribution in [2.45, 2.75) is 37.7 Å². The number of aliphatic hydroxyl groups is 1. The molecule has 1 aromatic heterocycles. The highest BCUT2D eigenvalue weighted by Crippen LogP contribution is 2.37. The molecule has 1 aliphatic carbocycles. The second-order valence-corrected chi connectivity index (χ2v) is 6.31. The van der Waals surface area contributed by atoms with Crippen molar-refractivity contribution in [1.29, 1.82) is 0 Å². The molecule has 0 spiro atoms. The van der Waals surface area contributed by atoms with Crippen LogP contribution in [0, 0.1) is 11.6 Å². The molecule has 2 aromatic rings. The van der Waals surface area contributed by atoms with E-state index in [1.54, 1.807) is 11.3 Å². The predicted molar refractivity (Wildman–Crippen MR) is 76.1 cm³/mol. The lowest BCUT2D eigenvalue weighted by atomic mass is 9.82. The van der Waals surface area contributed by atoms with Crippen molar-refractivity contribution in [3.63, 3.8) is 0 Å². The summed E-state index contributed by atoms with van der Waals surface area (Å²) in [5.74, 6) is -0.882. The Morgan fingerprint density at radius 1 is 1.30 bits per heavy atom. The van der Waals surface area contributed by atoms with Crippen molar-refractivity contribution in [3.8, 4) is 0 Å². The molecule has 1 heterocycles. The Labute approximate surface area is 120 Å². The summed E-state index contributed by atoms with van der Waals surface area (Å²) in [4.78, 5) is 1.32. The molecule has 1 N–H and O–H groups in total. The van der Waals surface area contributed by atoms with E-state index in [1.165, 1.54) is 16.5 Å². The van der Waals surface area contributed by atoms with Crippen molar-refractivity contribution < 1.29 is 13.9 Å². The van der Waals surface area contributed by atoms with Crippen molar-refractivity contribution >= 4 is 11.3 Å². The highest BCUT2D eigenvalue weighted by atomic mass is 32.1. The van der Waals surface area contributed by atoms with Gasteiger partial charge in [0.15, 0.2) is 0 Å². The number of hydrogen-bond donors (Lipinski definition) is 1. The second kappa shape index (κ2) is 5.62. The quantitative estimate of drug-likeness (QED) is 0.905. The highest BCUT2D eigenvalue weighted by molar-refractivity contribution is 7.10. The molecule has 0 aliphatic heterocycles. The maximum Gasteiger partial charge on any atom is 0.126 e. The van der Waals surface area contributed by atoms with Gasteiger partial charge >= 0.3 is 0 Å². The lowest BCUT2D eigenvalue weighted by molar-refractivity contribution is 0.134. The number of benzene rings is 1. The summed E-state index contributed by atoms with van der Waals surface area (Å²) in [7, 11) is 0. The number of fused-ring (bicyclic) bond motifs is 1. The molecule has 20 heavy (non-hydrogen) atoms. The Kier molecular flexibility index (Phi) is 3.85. The Hall–Kier alpha value is -1.26. The summed E-state index contributed by atoms with van der Waals surface area (Å²) in [6, 6.07) is 5.45. The lowest BCUT2D eigenvalue weighted by Crippen LogP contribution is -2.24. The van der Waals surface area contributed by atoms with Crippen LogP contribution in [0.4, 0.5) is 8.78 Å². The molecule has 0 saturated heterocycles. The molecule has 2 atom stereocenters. The van der Waals surface area contributed by atoms with Gasteiger partial charge in [0.25, 0.3) is 0 Å². The lowest BCUT2D eigenvalue weighted by Gasteiger charge is -2.27. The van der Waals surface area contributed by atoms with Crippen LogP contribution in [-0.4, -0.2) is 11.2 Å². The SMILES string of the molecule is OC(Cc1cc(F)ccc1F)C1CCCc2sccc21. The van der Waals surface area contributed by atoms with Gasteiger partial charge in [-0.1, -0.05) is 0 Å². The third kappa shape index (κ3) is 2.63. The monoisotopic (exact) mass is 294 g/mol. The first kappa shape index (κ1) is 13.7. The zero-order valence-electron chi connectivity index (χ0n) is 11.0. The topological polar surface area (TPSA) is 20.2 Å². The van der Waals surface area contributed by atoms with Crippen LogP contribution >= 0.6 is 11.3 Å². The first-order valence-corrected chi connectivity index (χ1v) is 7.71. The molecule has 0 radical (unpaired) electrons. The summed E-state index contributed by atoms with van der Waals surface area (Å²) < 4.78 is 26.8. The van der Waals surface area contributed by atoms with Crippen molar-refractivity contribution in [2.24, 2.45) is 0 Å². The van der Waals surface area contributed by atoms with Crippen LogP contribution < -0.4 is 0 Å². The first-order valence-electron chi connectivity index (χ1n) is 6.83. The van der Waals surface area contributed by atoms with Crippen molar-refractivity contribution in [1.82, 2.24) is 0 Å². The van der Waals surface area contributed by atoms with Crippen LogP contribution in [0.3, 0.4) is 0 Å². The van der Waals surface area contributed by atoms with E-state index in [2.05, 4.69) is 6.07 Å². The number of hydrogen-bond acceptors (Lipinski definition) is 2. The Bertz CT molecular complexity index is 608. The maximum atomic E-state index is 13.7. The van der Waals surface area contributed by atoms with Gasteiger partial charge in [0.2, 0.25) is 0 Å². The fourth-order valence-electron chi connectivity index (χ4n) is 2.99. The van der Waals surface area contributed by atoms with Crippen molar-refractivity contribution in [2.75, 3.05) is 0 Å². The van der Waals surface area contributed by atoms with E-state index in [-0.39, 0.29) is 17.9 Å². The van der Waals surface area contributed by atoms with E-state index in [1.807, 2.05) is 5.38 Å². The molecule has 0 fully saturated rings. The molecule has 0 amide bonds. The molecule has 4 heteroatoms. The van der Waals surface area contributed by atoms with Gasteiger partial charge in [0.1, 0.15) is 11.6 Å². The molecular weight excluding hydrogens is 278 g/mol. The molecule has 1 aliphatic rings. The third-order valence-electron chi connectivity index (χ3n) is 4.00. The summed E-state index contributed by atoms with van der Waals surface area (Å²) >= 11 is 1.71.